The Morgan fingerprint density at radius 1 is 1.35 bits per heavy atom. The predicted molar refractivity (Wildman–Crippen MR) is 80.0 cm³/mol. The molecule has 0 fully saturated rings. The molecule has 1 aromatic rings. The minimum atomic E-state index is -0.225. The van der Waals surface area contributed by atoms with Gasteiger partial charge in [0, 0.05) is 23.4 Å². The largest absolute Gasteiger partial charge is 0.362 e. The van der Waals surface area contributed by atoms with Crippen molar-refractivity contribution in [3.8, 4) is 0 Å². The summed E-state index contributed by atoms with van der Waals surface area (Å²) in [7, 11) is 0. The van der Waals surface area contributed by atoms with Crippen LogP contribution in [0.25, 0.3) is 0 Å². The third-order valence-corrected chi connectivity index (χ3v) is 3.87. The number of hydrogen-bond donors (Lipinski definition) is 1. The smallest absolute Gasteiger partial charge is 0.335 e. The first-order chi connectivity index (χ1) is 9.67. The number of carbonyl (C=O) groups excluding carboxylic acids is 1. The fourth-order valence-corrected chi connectivity index (χ4v) is 2.83. The Balaban J connectivity index is 2.17. The summed E-state index contributed by atoms with van der Waals surface area (Å²) in [5.41, 5.74) is 5.89. The second-order valence-electron chi connectivity index (χ2n) is 5.39. The lowest BCUT2D eigenvalue weighted by atomic mass is 9.92. The number of fused-ring (bicyclic) bond motifs is 1. The van der Waals surface area contributed by atoms with Crippen molar-refractivity contribution in [3.63, 3.8) is 0 Å². The molecule has 0 atom stereocenters. The second-order valence-corrected chi connectivity index (χ2v) is 5.39. The van der Waals surface area contributed by atoms with Crippen LogP contribution in [-0.2, 0) is 22.5 Å². The van der Waals surface area contributed by atoms with Gasteiger partial charge in [0.25, 0.3) is 0 Å². The zero-order valence-electron chi connectivity index (χ0n) is 12.7. The molecular formula is C16H24N2O2. The number of carbonyl (C=O) groups is 1. The number of aryl methyl sites for hydroxylation is 2. The lowest BCUT2D eigenvalue weighted by Crippen LogP contribution is -2.14. The molecule has 110 valence electrons. The van der Waals surface area contributed by atoms with Crippen LogP contribution in [0.3, 0.4) is 0 Å². The van der Waals surface area contributed by atoms with E-state index in [2.05, 4.69) is 30.9 Å². The molecule has 1 heterocycles. The molecule has 1 aliphatic rings. The van der Waals surface area contributed by atoms with Crippen molar-refractivity contribution in [2.45, 2.75) is 65.7 Å². The number of H-pyrrole nitrogens is 1. The van der Waals surface area contributed by atoms with E-state index in [-0.39, 0.29) is 5.97 Å². The summed E-state index contributed by atoms with van der Waals surface area (Å²) >= 11 is 0. The van der Waals surface area contributed by atoms with Gasteiger partial charge in [-0.15, -0.1) is 0 Å². The monoisotopic (exact) mass is 276 g/mol. The molecule has 0 bridgehead atoms. The summed E-state index contributed by atoms with van der Waals surface area (Å²) in [6.45, 7) is 6.31. The van der Waals surface area contributed by atoms with Gasteiger partial charge in [-0.05, 0) is 44.6 Å². The first kappa shape index (κ1) is 14.8. The first-order valence-electron chi connectivity index (χ1n) is 7.64. The zero-order valence-corrected chi connectivity index (χ0v) is 12.7. The lowest BCUT2D eigenvalue weighted by molar-refractivity contribution is -0.143. The predicted octanol–water partition coefficient (Wildman–Crippen LogP) is 3.66. The molecule has 0 aliphatic heterocycles. The van der Waals surface area contributed by atoms with Crippen LogP contribution >= 0.6 is 0 Å². The quantitative estimate of drug-likeness (QED) is 0.659. The highest BCUT2D eigenvalue weighted by molar-refractivity contribution is 6.04. The van der Waals surface area contributed by atoms with Crippen LogP contribution < -0.4 is 0 Å². The molecule has 4 heteroatoms. The molecule has 0 unspecified atom stereocenters. The van der Waals surface area contributed by atoms with Crippen LogP contribution in [0.2, 0.25) is 0 Å². The van der Waals surface area contributed by atoms with Gasteiger partial charge in [0.15, 0.2) is 0 Å². The maximum absolute atomic E-state index is 11.6. The fraction of sp³-hybridized carbons (Fsp3) is 0.625. The van der Waals surface area contributed by atoms with Crippen molar-refractivity contribution in [1.29, 1.82) is 0 Å². The minimum Gasteiger partial charge on any atom is -0.362 e. The van der Waals surface area contributed by atoms with Gasteiger partial charge in [0.1, 0.15) is 0 Å². The number of nitrogens with zero attached hydrogens (tertiary/aromatic N) is 1. The molecular weight excluding hydrogens is 252 g/mol. The average Bonchev–Trinajstić information content (AvgIpc) is 2.78. The summed E-state index contributed by atoms with van der Waals surface area (Å²) in [6.07, 6.45) is 6.28. The molecule has 1 aromatic heterocycles. The van der Waals surface area contributed by atoms with E-state index in [4.69, 9.17) is 4.84 Å². The van der Waals surface area contributed by atoms with E-state index in [1.807, 2.05) is 0 Å². The molecule has 0 spiro atoms. The topological polar surface area (TPSA) is 54.4 Å². The summed E-state index contributed by atoms with van der Waals surface area (Å²) in [5, 5.41) is 4.15. The number of hydrogen-bond acceptors (Lipinski definition) is 3. The summed E-state index contributed by atoms with van der Waals surface area (Å²) in [6, 6.07) is 0. The summed E-state index contributed by atoms with van der Waals surface area (Å²) < 4.78 is 0. The molecule has 0 aromatic carbocycles. The molecule has 1 N–H and O–H groups in total. The SMILES string of the molecule is CCCCC(=O)O/N=C1\CCCc2[nH]c(C)c(CC)c21. The van der Waals surface area contributed by atoms with Gasteiger partial charge >= 0.3 is 5.97 Å². The summed E-state index contributed by atoms with van der Waals surface area (Å²) in [4.78, 5) is 20.1. The van der Waals surface area contributed by atoms with Crippen LogP contribution in [0.15, 0.2) is 5.16 Å². The first-order valence-corrected chi connectivity index (χ1v) is 7.64. The van der Waals surface area contributed by atoms with Crippen LogP contribution in [0.4, 0.5) is 0 Å². The Bertz CT molecular complexity index is 515. The van der Waals surface area contributed by atoms with E-state index in [0.717, 1.165) is 44.2 Å². The van der Waals surface area contributed by atoms with Gasteiger partial charge < -0.3 is 9.82 Å². The number of aromatic nitrogens is 1. The third-order valence-electron chi connectivity index (χ3n) is 3.87. The van der Waals surface area contributed by atoms with E-state index in [9.17, 15) is 4.79 Å². The average molecular weight is 276 g/mol. The van der Waals surface area contributed by atoms with Gasteiger partial charge in [-0.1, -0.05) is 25.4 Å². The van der Waals surface area contributed by atoms with E-state index in [1.165, 1.54) is 22.5 Å². The molecule has 2 rings (SSSR count). The zero-order chi connectivity index (χ0) is 14.5. The maximum atomic E-state index is 11.6. The van der Waals surface area contributed by atoms with Crippen molar-refractivity contribution in [1.82, 2.24) is 4.98 Å². The Hall–Kier alpha value is -1.58. The van der Waals surface area contributed by atoms with E-state index < -0.39 is 0 Å². The second kappa shape index (κ2) is 6.73. The molecule has 20 heavy (non-hydrogen) atoms. The molecule has 0 amide bonds. The molecule has 1 aliphatic carbocycles. The van der Waals surface area contributed by atoms with Gasteiger partial charge in [-0.25, -0.2) is 4.79 Å². The Labute approximate surface area is 120 Å². The highest BCUT2D eigenvalue weighted by atomic mass is 16.7. The van der Waals surface area contributed by atoms with Gasteiger partial charge in [-0.3, -0.25) is 0 Å². The van der Waals surface area contributed by atoms with Crippen molar-refractivity contribution in [2.75, 3.05) is 0 Å². The highest BCUT2D eigenvalue weighted by Crippen LogP contribution is 2.27. The van der Waals surface area contributed by atoms with Crippen molar-refractivity contribution in [2.24, 2.45) is 5.16 Å². The number of aromatic amines is 1. The molecule has 0 radical (unpaired) electrons. The Morgan fingerprint density at radius 3 is 2.85 bits per heavy atom. The Kier molecular flexibility index (Phi) is 4.99. The number of unbranched alkanes of at least 4 members (excludes halogenated alkanes) is 1. The van der Waals surface area contributed by atoms with Crippen molar-refractivity contribution < 1.29 is 9.63 Å². The maximum Gasteiger partial charge on any atom is 0.335 e. The lowest BCUT2D eigenvalue weighted by Gasteiger charge is -2.14. The highest BCUT2D eigenvalue weighted by Gasteiger charge is 2.23. The van der Waals surface area contributed by atoms with Crippen molar-refractivity contribution >= 4 is 11.7 Å². The summed E-state index contributed by atoms with van der Waals surface area (Å²) in [5.74, 6) is -0.225. The number of oxime groups is 1. The van der Waals surface area contributed by atoms with E-state index in [0.29, 0.717) is 6.42 Å². The standard InChI is InChI=1S/C16H24N2O2/c1-4-6-10-15(19)20-18-14-9-7-8-13-16(14)12(5-2)11(3)17-13/h17H,4-10H2,1-3H3/b18-14+. The van der Waals surface area contributed by atoms with Gasteiger partial charge in [0.05, 0.1) is 5.71 Å². The van der Waals surface area contributed by atoms with Gasteiger partial charge in [0.2, 0.25) is 0 Å². The third kappa shape index (κ3) is 3.11. The number of nitrogens with one attached hydrogen (secondary N) is 1. The van der Waals surface area contributed by atoms with Crippen LogP contribution in [0.1, 0.15) is 68.5 Å². The van der Waals surface area contributed by atoms with Crippen molar-refractivity contribution in [3.05, 3.63) is 22.5 Å². The van der Waals surface area contributed by atoms with E-state index in [1.54, 1.807) is 0 Å². The molecule has 0 saturated heterocycles. The van der Waals surface area contributed by atoms with Crippen LogP contribution in [-0.4, -0.2) is 16.7 Å². The molecule has 4 nitrogen and oxygen atoms in total. The van der Waals surface area contributed by atoms with E-state index >= 15 is 0 Å². The number of rotatable bonds is 5. The molecule has 0 saturated carbocycles. The fourth-order valence-electron chi connectivity index (χ4n) is 2.83. The van der Waals surface area contributed by atoms with Crippen LogP contribution in [0.5, 0.6) is 0 Å². The van der Waals surface area contributed by atoms with Gasteiger partial charge in [-0.2, -0.15) is 0 Å². The Morgan fingerprint density at radius 2 is 2.15 bits per heavy atom. The minimum absolute atomic E-state index is 0.225. The van der Waals surface area contributed by atoms with Crippen LogP contribution in [0, 0.1) is 6.92 Å². The normalized spacial score (nSPS) is 16.2.